The van der Waals surface area contributed by atoms with Gasteiger partial charge in [0.25, 0.3) is 0 Å². The third-order valence-electron chi connectivity index (χ3n) is 2.99. The highest BCUT2D eigenvalue weighted by Gasteiger charge is 2.19. The second kappa shape index (κ2) is 7.40. The van der Waals surface area contributed by atoms with Crippen LogP contribution in [-0.4, -0.2) is 48.0 Å². The fourth-order valence-electron chi connectivity index (χ4n) is 2.11. The van der Waals surface area contributed by atoms with Crippen molar-refractivity contribution in [3.8, 4) is 0 Å². The molecular weight excluding hydrogens is 216 g/mol. The first kappa shape index (κ1) is 14.1. The predicted octanol–water partition coefficient (Wildman–Crippen LogP) is 0.281. The number of aryl methyl sites for hydroxylation is 1. The van der Waals surface area contributed by atoms with E-state index in [1.165, 1.54) is 5.56 Å². The minimum Gasteiger partial charge on any atom is -0.395 e. The monoisotopic (exact) mass is 238 g/mol. The lowest BCUT2D eigenvalue weighted by Crippen LogP contribution is -2.38. The number of rotatable bonds is 7. The number of aliphatic hydroxyl groups excluding tert-OH is 2. The van der Waals surface area contributed by atoms with Crippen LogP contribution in [0.5, 0.6) is 0 Å². The Hall–Kier alpha value is -0.940. The van der Waals surface area contributed by atoms with E-state index in [2.05, 4.69) is 6.07 Å². The van der Waals surface area contributed by atoms with Gasteiger partial charge >= 0.3 is 0 Å². The maximum absolute atomic E-state index is 9.06. The molecule has 0 bridgehead atoms. The Morgan fingerprint density at radius 1 is 1.18 bits per heavy atom. The van der Waals surface area contributed by atoms with Gasteiger partial charge in [0.1, 0.15) is 0 Å². The van der Waals surface area contributed by atoms with Gasteiger partial charge in [-0.1, -0.05) is 24.3 Å². The van der Waals surface area contributed by atoms with Crippen molar-refractivity contribution in [2.24, 2.45) is 5.73 Å². The summed E-state index contributed by atoms with van der Waals surface area (Å²) < 4.78 is 0. The molecule has 0 spiro atoms. The summed E-state index contributed by atoms with van der Waals surface area (Å²) in [5, 5.41) is 18.1. The zero-order chi connectivity index (χ0) is 12.7. The second-order valence-corrected chi connectivity index (χ2v) is 4.09. The lowest BCUT2D eigenvalue weighted by atomic mass is 10.00. The van der Waals surface area contributed by atoms with Crippen LogP contribution in [0.25, 0.3) is 0 Å². The molecule has 0 fully saturated rings. The van der Waals surface area contributed by atoms with Crippen LogP contribution in [0.2, 0.25) is 0 Å². The Morgan fingerprint density at radius 2 is 1.76 bits per heavy atom. The second-order valence-electron chi connectivity index (χ2n) is 4.09. The normalized spacial score (nSPS) is 13.0. The minimum atomic E-state index is 0.0514. The third kappa shape index (κ3) is 3.78. The highest BCUT2D eigenvalue weighted by molar-refractivity contribution is 5.29. The number of aliphatic hydroxyl groups is 2. The first-order valence-electron chi connectivity index (χ1n) is 5.96. The number of nitrogens with two attached hydrogens (primary N) is 1. The van der Waals surface area contributed by atoms with Gasteiger partial charge in [-0.3, -0.25) is 4.90 Å². The van der Waals surface area contributed by atoms with E-state index < -0.39 is 0 Å². The maximum atomic E-state index is 9.06. The number of hydrogen-bond donors (Lipinski definition) is 3. The Bertz CT molecular complexity index is 325. The highest BCUT2D eigenvalue weighted by atomic mass is 16.3. The van der Waals surface area contributed by atoms with Crippen molar-refractivity contribution in [3.05, 3.63) is 35.4 Å². The topological polar surface area (TPSA) is 69.7 Å². The maximum Gasteiger partial charge on any atom is 0.0558 e. The summed E-state index contributed by atoms with van der Waals surface area (Å²) >= 11 is 0. The molecule has 0 aliphatic carbocycles. The molecule has 0 saturated heterocycles. The molecule has 1 rings (SSSR count). The fraction of sp³-hybridized carbons (Fsp3) is 0.538. The molecular formula is C13H22N2O2. The van der Waals surface area contributed by atoms with Crippen LogP contribution >= 0.6 is 0 Å². The first-order chi connectivity index (χ1) is 8.24. The summed E-state index contributed by atoms with van der Waals surface area (Å²) in [6.07, 6.45) is 0. The number of hydrogen-bond acceptors (Lipinski definition) is 4. The van der Waals surface area contributed by atoms with Gasteiger partial charge < -0.3 is 15.9 Å². The average Bonchev–Trinajstić information content (AvgIpc) is 2.33. The molecule has 96 valence electrons. The fourth-order valence-corrected chi connectivity index (χ4v) is 2.11. The van der Waals surface area contributed by atoms with Crippen molar-refractivity contribution < 1.29 is 10.2 Å². The van der Waals surface area contributed by atoms with Crippen LogP contribution in [0, 0.1) is 6.92 Å². The van der Waals surface area contributed by atoms with Crippen molar-refractivity contribution in [3.63, 3.8) is 0 Å². The van der Waals surface area contributed by atoms with Gasteiger partial charge in [-0.2, -0.15) is 0 Å². The molecule has 0 radical (unpaired) electrons. The van der Waals surface area contributed by atoms with Gasteiger partial charge in [0.15, 0.2) is 0 Å². The molecule has 4 heteroatoms. The van der Waals surface area contributed by atoms with E-state index in [1.54, 1.807) is 0 Å². The molecule has 0 aliphatic rings. The predicted molar refractivity (Wildman–Crippen MR) is 68.7 cm³/mol. The Balaban J connectivity index is 2.91. The molecule has 0 heterocycles. The minimum absolute atomic E-state index is 0.0514. The summed E-state index contributed by atoms with van der Waals surface area (Å²) in [6.45, 7) is 3.72. The average molecular weight is 238 g/mol. The van der Waals surface area contributed by atoms with E-state index in [9.17, 15) is 0 Å². The molecule has 17 heavy (non-hydrogen) atoms. The molecule has 0 aliphatic heterocycles. The van der Waals surface area contributed by atoms with Crippen molar-refractivity contribution >= 4 is 0 Å². The largest absolute Gasteiger partial charge is 0.395 e. The van der Waals surface area contributed by atoms with E-state index in [1.807, 2.05) is 30.0 Å². The lowest BCUT2D eigenvalue weighted by Gasteiger charge is -2.31. The molecule has 4 nitrogen and oxygen atoms in total. The quantitative estimate of drug-likeness (QED) is 0.638. The Labute approximate surface area is 103 Å². The molecule has 0 saturated carbocycles. The van der Waals surface area contributed by atoms with Crippen molar-refractivity contribution in [1.82, 2.24) is 4.90 Å². The van der Waals surface area contributed by atoms with Crippen molar-refractivity contribution in [2.75, 3.05) is 32.8 Å². The van der Waals surface area contributed by atoms with Gasteiger partial charge in [-0.05, 0) is 18.1 Å². The SMILES string of the molecule is Cc1ccccc1C(CN)N(CCO)CCO. The van der Waals surface area contributed by atoms with Crippen LogP contribution in [0.1, 0.15) is 17.2 Å². The molecule has 0 amide bonds. The van der Waals surface area contributed by atoms with Crippen LogP contribution < -0.4 is 5.73 Å². The Morgan fingerprint density at radius 3 is 2.24 bits per heavy atom. The van der Waals surface area contributed by atoms with Gasteiger partial charge in [0.05, 0.1) is 13.2 Å². The summed E-state index contributed by atoms with van der Waals surface area (Å²) in [5.41, 5.74) is 8.18. The third-order valence-corrected chi connectivity index (χ3v) is 2.99. The molecule has 1 aromatic rings. The van der Waals surface area contributed by atoms with Crippen LogP contribution in [0.15, 0.2) is 24.3 Å². The Kier molecular flexibility index (Phi) is 6.15. The summed E-state index contributed by atoms with van der Waals surface area (Å²) in [5.74, 6) is 0. The number of nitrogens with zero attached hydrogens (tertiary/aromatic N) is 1. The van der Waals surface area contributed by atoms with E-state index in [0.717, 1.165) is 5.56 Å². The van der Waals surface area contributed by atoms with Crippen LogP contribution in [0.4, 0.5) is 0 Å². The first-order valence-corrected chi connectivity index (χ1v) is 5.96. The molecule has 1 atom stereocenters. The molecule has 4 N–H and O–H groups in total. The van der Waals surface area contributed by atoms with Crippen molar-refractivity contribution in [2.45, 2.75) is 13.0 Å². The summed E-state index contributed by atoms with van der Waals surface area (Å²) in [4.78, 5) is 2.02. The smallest absolute Gasteiger partial charge is 0.0558 e. The van der Waals surface area contributed by atoms with E-state index in [0.29, 0.717) is 19.6 Å². The van der Waals surface area contributed by atoms with E-state index in [-0.39, 0.29) is 19.3 Å². The lowest BCUT2D eigenvalue weighted by molar-refractivity contribution is 0.124. The summed E-state index contributed by atoms with van der Waals surface area (Å²) in [7, 11) is 0. The van der Waals surface area contributed by atoms with Crippen molar-refractivity contribution in [1.29, 1.82) is 0 Å². The molecule has 1 unspecified atom stereocenters. The van der Waals surface area contributed by atoms with Gasteiger partial charge in [0, 0.05) is 25.7 Å². The molecule has 1 aromatic carbocycles. The zero-order valence-electron chi connectivity index (χ0n) is 10.3. The van der Waals surface area contributed by atoms with Gasteiger partial charge in [0.2, 0.25) is 0 Å². The van der Waals surface area contributed by atoms with E-state index in [4.69, 9.17) is 15.9 Å². The number of benzene rings is 1. The van der Waals surface area contributed by atoms with Gasteiger partial charge in [-0.15, -0.1) is 0 Å². The van der Waals surface area contributed by atoms with Crippen LogP contribution in [-0.2, 0) is 0 Å². The van der Waals surface area contributed by atoms with E-state index >= 15 is 0 Å². The summed E-state index contributed by atoms with van der Waals surface area (Å²) in [6, 6.07) is 8.13. The zero-order valence-corrected chi connectivity index (χ0v) is 10.3. The molecule has 0 aromatic heterocycles. The standard InChI is InChI=1S/C13H22N2O2/c1-11-4-2-3-5-12(11)13(10-14)15(6-8-16)7-9-17/h2-5,13,16-17H,6-10,14H2,1H3. The highest BCUT2D eigenvalue weighted by Crippen LogP contribution is 2.22. The van der Waals surface area contributed by atoms with Crippen LogP contribution in [0.3, 0.4) is 0 Å². The van der Waals surface area contributed by atoms with Gasteiger partial charge in [-0.25, -0.2) is 0 Å².